The molecule has 6 aromatic carbocycles. The molecule has 0 unspecified atom stereocenters. The molecule has 50 heavy (non-hydrogen) atoms. The van der Waals surface area contributed by atoms with E-state index >= 15 is 0 Å². The zero-order valence-corrected chi connectivity index (χ0v) is 27.2. The zero-order chi connectivity index (χ0) is 33.0. The smallest absolute Gasteiger partial charge is 0.238 e. The van der Waals surface area contributed by atoms with Crippen LogP contribution in [0, 0.1) is 0 Å². The van der Waals surface area contributed by atoms with Gasteiger partial charge in [-0.15, -0.1) is 0 Å². The Bertz CT molecular complexity index is 2790. The SMILES string of the molecule is C1=CCCC(n2c3ccccc3c3cc4c(cc32)c2ccccc2n4-c2nc(-c3ccccc3)nc(-c3ccc(-c4ccccc4)cc3)n2)=C1. The highest BCUT2D eigenvalue weighted by molar-refractivity contribution is 6.19. The lowest BCUT2D eigenvalue weighted by Crippen LogP contribution is -2.06. The predicted octanol–water partition coefficient (Wildman–Crippen LogP) is 11.3. The maximum absolute atomic E-state index is 5.21. The van der Waals surface area contributed by atoms with Crippen molar-refractivity contribution in [3.05, 3.63) is 164 Å². The summed E-state index contributed by atoms with van der Waals surface area (Å²) in [4.78, 5) is 15.4. The topological polar surface area (TPSA) is 48.5 Å². The third kappa shape index (κ3) is 4.59. The fourth-order valence-electron chi connectivity index (χ4n) is 7.48. The molecule has 5 heteroatoms. The molecule has 1 aliphatic carbocycles. The molecule has 9 aromatic rings. The fourth-order valence-corrected chi connectivity index (χ4v) is 7.48. The summed E-state index contributed by atoms with van der Waals surface area (Å²) in [5.74, 6) is 1.86. The van der Waals surface area contributed by atoms with Gasteiger partial charge in [0, 0.05) is 38.4 Å². The number of nitrogens with zero attached hydrogens (tertiary/aromatic N) is 5. The van der Waals surface area contributed by atoms with Gasteiger partial charge in [-0.25, -0.2) is 4.98 Å². The molecule has 1 aliphatic rings. The summed E-state index contributed by atoms with van der Waals surface area (Å²) < 4.78 is 4.67. The second kappa shape index (κ2) is 11.5. The first-order valence-electron chi connectivity index (χ1n) is 17.1. The minimum absolute atomic E-state index is 0.593. The number of hydrogen-bond donors (Lipinski definition) is 0. The maximum atomic E-state index is 5.21. The fraction of sp³-hybridized carbons (Fsp3) is 0.0444. The molecule has 0 spiro atoms. The molecule has 0 N–H and O–H groups in total. The van der Waals surface area contributed by atoms with E-state index in [1.807, 2.05) is 24.3 Å². The summed E-state index contributed by atoms with van der Waals surface area (Å²) in [5.41, 5.74) is 10.1. The molecule has 10 rings (SSSR count). The number of para-hydroxylation sites is 2. The van der Waals surface area contributed by atoms with Gasteiger partial charge in [-0.3, -0.25) is 4.57 Å². The lowest BCUT2D eigenvalue weighted by molar-refractivity contribution is 0.953. The average Bonchev–Trinajstić information content (AvgIpc) is 3.70. The van der Waals surface area contributed by atoms with Crippen molar-refractivity contribution in [3.63, 3.8) is 0 Å². The van der Waals surface area contributed by atoms with E-state index < -0.39 is 0 Å². The maximum Gasteiger partial charge on any atom is 0.238 e. The number of benzene rings is 6. The van der Waals surface area contributed by atoms with Crippen LogP contribution in [-0.4, -0.2) is 24.1 Å². The van der Waals surface area contributed by atoms with Crippen molar-refractivity contribution in [1.29, 1.82) is 0 Å². The van der Waals surface area contributed by atoms with E-state index in [1.54, 1.807) is 0 Å². The summed E-state index contributed by atoms with van der Waals surface area (Å²) in [7, 11) is 0. The van der Waals surface area contributed by atoms with Crippen LogP contribution in [0.25, 0.3) is 89.2 Å². The van der Waals surface area contributed by atoms with E-state index in [1.165, 1.54) is 38.5 Å². The third-order valence-electron chi connectivity index (χ3n) is 9.85. The van der Waals surface area contributed by atoms with Gasteiger partial charge >= 0.3 is 0 Å². The molecule has 0 saturated carbocycles. The Morgan fingerprint density at radius 3 is 1.54 bits per heavy atom. The van der Waals surface area contributed by atoms with E-state index in [2.05, 4.69) is 149 Å². The Morgan fingerprint density at radius 1 is 0.420 bits per heavy atom. The molecular formula is C45H31N5. The highest BCUT2D eigenvalue weighted by Gasteiger charge is 2.21. The third-order valence-corrected chi connectivity index (χ3v) is 9.85. The summed E-state index contributed by atoms with van der Waals surface area (Å²) in [6.07, 6.45) is 8.73. The highest BCUT2D eigenvalue weighted by Crippen LogP contribution is 2.40. The van der Waals surface area contributed by atoms with E-state index in [0.29, 0.717) is 17.6 Å². The second-order valence-electron chi connectivity index (χ2n) is 12.8. The molecule has 0 radical (unpaired) electrons. The number of aromatic nitrogens is 5. The molecular weight excluding hydrogens is 611 g/mol. The van der Waals surface area contributed by atoms with Crippen LogP contribution in [0.1, 0.15) is 12.8 Å². The summed E-state index contributed by atoms with van der Waals surface area (Å²) >= 11 is 0. The van der Waals surface area contributed by atoms with Crippen LogP contribution in [0.5, 0.6) is 0 Å². The van der Waals surface area contributed by atoms with Gasteiger partial charge in [0.15, 0.2) is 11.6 Å². The first-order valence-corrected chi connectivity index (χ1v) is 17.1. The van der Waals surface area contributed by atoms with Gasteiger partial charge in [0.2, 0.25) is 5.95 Å². The minimum atomic E-state index is 0.593. The minimum Gasteiger partial charge on any atom is -0.313 e. The zero-order valence-electron chi connectivity index (χ0n) is 27.2. The van der Waals surface area contributed by atoms with Gasteiger partial charge in [-0.2, -0.15) is 9.97 Å². The Labute approximate surface area is 289 Å². The van der Waals surface area contributed by atoms with Gasteiger partial charge < -0.3 is 4.57 Å². The molecule has 0 bridgehead atoms. The number of allylic oxidation sites excluding steroid dienone is 4. The molecule has 3 heterocycles. The Kier molecular flexibility index (Phi) is 6.56. The monoisotopic (exact) mass is 641 g/mol. The first-order chi connectivity index (χ1) is 24.8. The lowest BCUT2D eigenvalue weighted by atomic mass is 10.0. The molecule has 0 amide bonds. The largest absolute Gasteiger partial charge is 0.313 e. The summed E-state index contributed by atoms with van der Waals surface area (Å²) in [6.45, 7) is 0. The quantitative estimate of drug-likeness (QED) is 0.188. The van der Waals surface area contributed by atoms with Gasteiger partial charge in [-0.1, -0.05) is 133 Å². The van der Waals surface area contributed by atoms with Crippen molar-refractivity contribution >= 4 is 49.3 Å². The van der Waals surface area contributed by atoms with Gasteiger partial charge in [0.05, 0.1) is 22.1 Å². The van der Waals surface area contributed by atoms with Crippen LogP contribution in [0.15, 0.2) is 164 Å². The standard InChI is InChI=1S/C45H31N5/c1-4-14-30(15-5-1)31-24-26-33(27-25-31)44-46-43(32-16-6-2-7-17-32)47-45(48-44)50-40-23-13-11-21-36(40)38-28-41-37(29-42(38)50)35-20-10-12-22-39(35)49(41)34-18-8-3-9-19-34/h1-8,10-18,20-29H,9,19H2. The molecule has 0 saturated heterocycles. The van der Waals surface area contributed by atoms with Crippen molar-refractivity contribution in [1.82, 2.24) is 24.1 Å². The first kappa shape index (κ1) is 28.4. The lowest BCUT2D eigenvalue weighted by Gasteiger charge is -2.14. The second-order valence-corrected chi connectivity index (χ2v) is 12.8. The van der Waals surface area contributed by atoms with Crippen molar-refractivity contribution in [3.8, 4) is 39.9 Å². The van der Waals surface area contributed by atoms with Crippen molar-refractivity contribution in [2.24, 2.45) is 0 Å². The Hall–Kier alpha value is -6.59. The molecule has 236 valence electrons. The van der Waals surface area contributed by atoms with Crippen LogP contribution < -0.4 is 0 Å². The number of fused-ring (bicyclic) bond motifs is 6. The van der Waals surface area contributed by atoms with Crippen LogP contribution in [-0.2, 0) is 0 Å². The van der Waals surface area contributed by atoms with Crippen LogP contribution in [0.4, 0.5) is 0 Å². The molecule has 0 fully saturated rings. The number of hydrogen-bond acceptors (Lipinski definition) is 3. The predicted molar refractivity (Wildman–Crippen MR) is 206 cm³/mol. The van der Waals surface area contributed by atoms with Crippen LogP contribution >= 0.6 is 0 Å². The molecule has 5 nitrogen and oxygen atoms in total. The number of rotatable bonds is 5. The molecule has 3 aromatic heterocycles. The average molecular weight is 642 g/mol. The Morgan fingerprint density at radius 2 is 0.920 bits per heavy atom. The summed E-state index contributed by atoms with van der Waals surface area (Å²) in [6, 6.07) is 51.1. The van der Waals surface area contributed by atoms with E-state index in [9.17, 15) is 0 Å². The van der Waals surface area contributed by atoms with Crippen molar-refractivity contribution in [2.45, 2.75) is 12.8 Å². The summed E-state index contributed by atoms with van der Waals surface area (Å²) in [5, 5.41) is 4.77. The normalized spacial score (nSPS) is 13.1. The van der Waals surface area contributed by atoms with Gasteiger partial charge in [0.25, 0.3) is 0 Å². The van der Waals surface area contributed by atoms with E-state index in [4.69, 9.17) is 15.0 Å². The molecule has 0 atom stereocenters. The van der Waals surface area contributed by atoms with Crippen LogP contribution in [0.3, 0.4) is 0 Å². The van der Waals surface area contributed by atoms with Crippen molar-refractivity contribution in [2.75, 3.05) is 0 Å². The van der Waals surface area contributed by atoms with Gasteiger partial charge in [0.1, 0.15) is 0 Å². The van der Waals surface area contributed by atoms with Gasteiger partial charge in [-0.05, 0) is 54.3 Å². The van der Waals surface area contributed by atoms with Crippen molar-refractivity contribution < 1.29 is 0 Å². The molecule has 0 aliphatic heterocycles. The van der Waals surface area contributed by atoms with E-state index in [-0.39, 0.29) is 0 Å². The van der Waals surface area contributed by atoms with Crippen LogP contribution in [0.2, 0.25) is 0 Å². The van der Waals surface area contributed by atoms with E-state index in [0.717, 1.165) is 46.0 Å². The Balaban J connectivity index is 1.24. The highest BCUT2D eigenvalue weighted by atomic mass is 15.2.